The molecular formula is C22H12Cl2F5N3O3. The summed E-state index contributed by atoms with van der Waals surface area (Å²) in [7, 11) is 0. The lowest BCUT2D eigenvalue weighted by Crippen LogP contribution is -2.13. The van der Waals surface area contributed by atoms with Crippen molar-refractivity contribution in [3.05, 3.63) is 98.8 Å². The Morgan fingerprint density at radius 1 is 0.971 bits per heavy atom. The number of furan rings is 1. The van der Waals surface area contributed by atoms with Gasteiger partial charge in [0.05, 0.1) is 17.1 Å². The van der Waals surface area contributed by atoms with E-state index in [0.29, 0.717) is 21.6 Å². The van der Waals surface area contributed by atoms with E-state index >= 15 is 0 Å². The molecule has 0 radical (unpaired) electrons. The van der Waals surface area contributed by atoms with Crippen molar-refractivity contribution in [3.8, 4) is 5.75 Å². The molecule has 2 aromatic carbocycles. The fourth-order valence-electron chi connectivity index (χ4n) is 2.96. The van der Waals surface area contributed by atoms with Crippen LogP contribution in [0.3, 0.4) is 0 Å². The number of hydrogen-bond acceptors (Lipinski definition) is 4. The van der Waals surface area contributed by atoms with Crippen LogP contribution in [0.1, 0.15) is 21.9 Å². The molecule has 4 rings (SSSR count). The normalized spacial score (nSPS) is 11.1. The number of halogens is 7. The zero-order valence-corrected chi connectivity index (χ0v) is 18.7. The van der Waals surface area contributed by atoms with Gasteiger partial charge in [0, 0.05) is 17.3 Å². The standard InChI is InChI=1S/C22H12Cl2F5N3O3/c23-10-1-3-14(13(24)7-10)34-9-11-2-4-15(35-11)22(33)30-16-5-6-32(31-16)8-12-17(25)19(27)21(29)20(28)18(12)26/h1-7H,8-9H2,(H,30,31,33). The first-order valence-electron chi connectivity index (χ1n) is 9.65. The number of anilines is 1. The fourth-order valence-corrected chi connectivity index (χ4v) is 3.43. The highest BCUT2D eigenvalue weighted by atomic mass is 35.5. The van der Waals surface area contributed by atoms with E-state index in [1.165, 1.54) is 30.5 Å². The van der Waals surface area contributed by atoms with Crippen LogP contribution in [0.2, 0.25) is 10.0 Å². The Hall–Kier alpha value is -3.57. The molecule has 0 aliphatic carbocycles. The Balaban J connectivity index is 1.40. The number of nitrogens with zero attached hydrogens (tertiary/aromatic N) is 2. The van der Waals surface area contributed by atoms with Crippen molar-refractivity contribution in [2.75, 3.05) is 5.32 Å². The van der Waals surface area contributed by atoms with Crippen molar-refractivity contribution >= 4 is 34.9 Å². The van der Waals surface area contributed by atoms with Gasteiger partial charge in [0.25, 0.3) is 5.91 Å². The molecule has 0 unspecified atom stereocenters. The number of rotatable bonds is 7. The van der Waals surface area contributed by atoms with Crippen molar-refractivity contribution in [2.24, 2.45) is 0 Å². The highest BCUT2D eigenvalue weighted by molar-refractivity contribution is 6.35. The molecule has 13 heteroatoms. The van der Waals surface area contributed by atoms with E-state index in [4.69, 9.17) is 32.4 Å². The number of benzene rings is 2. The summed E-state index contributed by atoms with van der Waals surface area (Å²) in [5.74, 6) is -10.5. The summed E-state index contributed by atoms with van der Waals surface area (Å²) >= 11 is 11.9. The molecule has 1 amide bonds. The molecule has 182 valence electrons. The summed E-state index contributed by atoms with van der Waals surface area (Å²) in [4.78, 5) is 12.4. The van der Waals surface area contributed by atoms with E-state index in [9.17, 15) is 26.7 Å². The minimum Gasteiger partial charge on any atom is -0.484 e. The van der Waals surface area contributed by atoms with Crippen molar-refractivity contribution in [3.63, 3.8) is 0 Å². The van der Waals surface area contributed by atoms with E-state index in [1.54, 1.807) is 12.1 Å². The first-order chi connectivity index (χ1) is 16.6. The van der Waals surface area contributed by atoms with Crippen molar-refractivity contribution < 1.29 is 35.9 Å². The van der Waals surface area contributed by atoms with Gasteiger partial charge in [-0.05, 0) is 30.3 Å². The summed E-state index contributed by atoms with van der Waals surface area (Å²) in [6, 6.07) is 8.81. The number of carbonyl (C=O) groups is 1. The van der Waals surface area contributed by atoms with Gasteiger partial charge in [-0.3, -0.25) is 9.48 Å². The molecule has 0 fully saturated rings. The molecule has 0 bridgehead atoms. The van der Waals surface area contributed by atoms with E-state index in [-0.39, 0.29) is 18.2 Å². The fraction of sp³-hybridized carbons (Fsp3) is 0.0909. The monoisotopic (exact) mass is 531 g/mol. The number of ether oxygens (including phenoxy) is 1. The number of amides is 1. The van der Waals surface area contributed by atoms with Gasteiger partial charge in [0.2, 0.25) is 5.82 Å². The van der Waals surface area contributed by atoms with Gasteiger partial charge in [-0.2, -0.15) is 5.10 Å². The average molecular weight is 532 g/mol. The minimum absolute atomic E-state index is 0.0365. The third-order valence-corrected chi connectivity index (χ3v) is 5.18. The van der Waals surface area contributed by atoms with E-state index < -0.39 is 47.1 Å². The highest BCUT2D eigenvalue weighted by Crippen LogP contribution is 2.28. The molecule has 0 spiro atoms. The summed E-state index contributed by atoms with van der Waals surface area (Å²) in [5.41, 5.74) is -1.07. The second-order valence-electron chi connectivity index (χ2n) is 7.03. The molecule has 2 aromatic heterocycles. The Bertz CT molecular complexity index is 1390. The maximum absolute atomic E-state index is 13.9. The third-order valence-electron chi connectivity index (χ3n) is 4.65. The van der Waals surface area contributed by atoms with Gasteiger partial charge in [-0.25, -0.2) is 22.0 Å². The van der Waals surface area contributed by atoms with Crippen LogP contribution in [0, 0.1) is 29.1 Å². The Morgan fingerprint density at radius 3 is 2.34 bits per heavy atom. The predicted octanol–water partition coefficient (Wildman–Crippen LogP) is 6.36. The van der Waals surface area contributed by atoms with Gasteiger partial charge in [0.15, 0.2) is 34.8 Å². The SMILES string of the molecule is O=C(Nc1ccn(Cc2c(F)c(F)c(F)c(F)c2F)n1)c1ccc(COc2ccc(Cl)cc2Cl)o1. The van der Waals surface area contributed by atoms with Crippen LogP contribution >= 0.6 is 23.2 Å². The van der Waals surface area contributed by atoms with Gasteiger partial charge in [-0.1, -0.05) is 23.2 Å². The Morgan fingerprint density at radius 2 is 1.66 bits per heavy atom. The molecule has 35 heavy (non-hydrogen) atoms. The van der Waals surface area contributed by atoms with Crippen LogP contribution in [0.5, 0.6) is 5.75 Å². The summed E-state index contributed by atoms with van der Waals surface area (Å²) in [5, 5.41) is 6.98. The molecule has 1 N–H and O–H groups in total. The largest absolute Gasteiger partial charge is 0.484 e. The second kappa shape index (κ2) is 9.96. The van der Waals surface area contributed by atoms with Gasteiger partial charge in [0.1, 0.15) is 18.1 Å². The van der Waals surface area contributed by atoms with Gasteiger partial charge >= 0.3 is 0 Å². The number of aromatic nitrogens is 2. The first-order valence-corrected chi connectivity index (χ1v) is 10.4. The second-order valence-corrected chi connectivity index (χ2v) is 7.87. The first kappa shape index (κ1) is 24.6. The molecule has 0 aliphatic rings. The topological polar surface area (TPSA) is 69.3 Å². The molecule has 0 saturated heterocycles. The maximum Gasteiger partial charge on any atom is 0.292 e. The zero-order chi connectivity index (χ0) is 25.3. The summed E-state index contributed by atoms with van der Waals surface area (Å²) in [6.07, 6.45) is 1.19. The number of nitrogens with one attached hydrogen (secondary N) is 1. The van der Waals surface area contributed by atoms with E-state index in [1.807, 2.05) is 0 Å². The van der Waals surface area contributed by atoms with Crippen LogP contribution in [-0.4, -0.2) is 15.7 Å². The van der Waals surface area contributed by atoms with Crippen LogP contribution in [-0.2, 0) is 13.2 Å². The summed E-state index contributed by atoms with van der Waals surface area (Å²) < 4.78 is 79.5. The Labute approximate surface area is 203 Å². The smallest absolute Gasteiger partial charge is 0.292 e. The van der Waals surface area contributed by atoms with E-state index in [2.05, 4.69) is 10.4 Å². The third kappa shape index (κ3) is 5.25. The zero-order valence-electron chi connectivity index (χ0n) is 17.2. The van der Waals surface area contributed by atoms with Crippen molar-refractivity contribution in [1.29, 1.82) is 0 Å². The van der Waals surface area contributed by atoms with Gasteiger partial charge < -0.3 is 14.5 Å². The highest BCUT2D eigenvalue weighted by Gasteiger charge is 2.26. The Kier molecular flexibility index (Phi) is 6.99. The lowest BCUT2D eigenvalue weighted by molar-refractivity contribution is 0.0992. The minimum atomic E-state index is -2.25. The lowest BCUT2D eigenvalue weighted by atomic mass is 10.1. The van der Waals surface area contributed by atoms with Crippen LogP contribution in [0.4, 0.5) is 27.8 Å². The molecular weight excluding hydrogens is 520 g/mol. The van der Waals surface area contributed by atoms with Gasteiger partial charge in [-0.15, -0.1) is 0 Å². The van der Waals surface area contributed by atoms with E-state index in [0.717, 1.165) is 4.68 Å². The van der Waals surface area contributed by atoms with Crippen molar-refractivity contribution in [1.82, 2.24) is 9.78 Å². The predicted molar refractivity (Wildman–Crippen MR) is 115 cm³/mol. The number of carbonyl (C=O) groups excluding carboxylic acids is 1. The molecule has 2 heterocycles. The van der Waals surface area contributed by atoms with Crippen LogP contribution < -0.4 is 10.1 Å². The maximum atomic E-state index is 13.9. The number of hydrogen-bond donors (Lipinski definition) is 1. The quantitative estimate of drug-likeness (QED) is 0.171. The lowest BCUT2D eigenvalue weighted by Gasteiger charge is -2.08. The molecule has 6 nitrogen and oxygen atoms in total. The van der Waals surface area contributed by atoms with Crippen molar-refractivity contribution in [2.45, 2.75) is 13.2 Å². The average Bonchev–Trinajstić information content (AvgIpc) is 3.48. The van der Waals surface area contributed by atoms with Crippen LogP contribution in [0.25, 0.3) is 0 Å². The summed E-state index contributed by atoms with van der Waals surface area (Å²) in [6.45, 7) is -0.803. The molecule has 0 saturated carbocycles. The van der Waals surface area contributed by atoms with Crippen LogP contribution in [0.15, 0.2) is 47.0 Å². The molecule has 0 aliphatic heterocycles. The molecule has 4 aromatic rings. The molecule has 0 atom stereocenters.